The lowest BCUT2D eigenvalue weighted by atomic mass is 9.85. The number of fused-ring (bicyclic) bond motifs is 1. The highest BCUT2D eigenvalue weighted by molar-refractivity contribution is 6.30. The van der Waals surface area contributed by atoms with Crippen molar-refractivity contribution in [1.29, 1.82) is 0 Å². The minimum atomic E-state index is -0.840. The molecule has 2 amide bonds. The van der Waals surface area contributed by atoms with Crippen molar-refractivity contribution in [2.45, 2.75) is 51.2 Å². The van der Waals surface area contributed by atoms with Crippen LogP contribution in [0.3, 0.4) is 0 Å². The van der Waals surface area contributed by atoms with E-state index in [1.54, 1.807) is 24.3 Å². The van der Waals surface area contributed by atoms with E-state index in [0.717, 1.165) is 24.8 Å². The summed E-state index contributed by atoms with van der Waals surface area (Å²) >= 11 is 12.1. The number of carbonyl (C=O) groups is 2. The van der Waals surface area contributed by atoms with Gasteiger partial charge in [-0.1, -0.05) is 49.6 Å². The molecule has 3 unspecified atom stereocenters. The molecule has 176 valence electrons. The summed E-state index contributed by atoms with van der Waals surface area (Å²) in [6.07, 6.45) is 4.28. The Bertz CT molecular complexity index is 998. The number of nitrogens with zero attached hydrogens (tertiary/aromatic N) is 1. The van der Waals surface area contributed by atoms with Gasteiger partial charge in [-0.05, 0) is 54.2 Å². The fourth-order valence-electron chi connectivity index (χ4n) is 4.55. The summed E-state index contributed by atoms with van der Waals surface area (Å²) in [6.45, 7) is 2.53. The molecule has 3 atom stereocenters. The summed E-state index contributed by atoms with van der Waals surface area (Å²) in [4.78, 5) is 28.2. The molecule has 1 N–H and O–H groups in total. The van der Waals surface area contributed by atoms with Crippen LogP contribution in [0.4, 0.5) is 0 Å². The van der Waals surface area contributed by atoms with E-state index in [-0.39, 0.29) is 37.1 Å². The molecule has 1 fully saturated rings. The van der Waals surface area contributed by atoms with Crippen LogP contribution in [-0.2, 0) is 16.1 Å². The zero-order chi connectivity index (χ0) is 23.4. The van der Waals surface area contributed by atoms with Crippen LogP contribution in [0.25, 0.3) is 0 Å². The van der Waals surface area contributed by atoms with E-state index >= 15 is 0 Å². The molecule has 2 aliphatic rings. The van der Waals surface area contributed by atoms with E-state index in [1.807, 2.05) is 18.2 Å². The van der Waals surface area contributed by atoms with Crippen LogP contribution in [0, 0.1) is 5.92 Å². The maximum atomic E-state index is 13.7. The van der Waals surface area contributed by atoms with Crippen molar-refractivity contribution in [3.05, 3.63) is 58.6 Å². The van der Waals surface area contributed by atoms with Crippen LogP contribution in [0.2, 0.25) is 5.02 Å². The quantitative estimate of drug-likeness (QED) is 0.549. The first kappa shape index (κ1) is 23.7. The fraction of sp³-hybridized carbons (Fsp3) is 0.440. The first-order valence-electron chi connectivity index (χ1n) is 11.3. The van der Waals surface area contributed by atoms with Gasteiger partial charge in [-0.3, -0.25) is 9.59 Å². The van der Waals surface area contributed by atoms with E-state index in [1.165, 1.54) is 11.3 Å². The average molecular weight is 491 g/mol. The maximum Gasteiger partial charge on any atom is 0.247 e. The van der Waals surface area contributed by atoms with Gasteiger partial charge >= 0.3 is 0 Å². The Morgan fingerprint density at radius 1 is 1.09 bits per heavy atom. The normalized spacial score (nSPS) is 20.2. The van der Waals surface area contributed by atoms with Gasteiger partial charge in [0.25, 0.3) is 0 Å². The van der Waals surface area contributed by atoms with Gasteiger partial charge < -0.3 is 19.7 Å². The summed E-state index contributed by atoms with van der Waals surface area (Å²) in [5.74, 6) is 0.888. The number of nitrogens with one attached hydrogen (secondary N) is 1. The number of hydrogen-bond donors (Lipinski definition) is 1. The zero-order valence-electron chi connectivity index (χ0n) is 18.6. The van der Waals surface area contributed by atoms with Gasteiger partial charge in [-0.2, -0.15) is 0 Å². The molecule has 0 aromatic heterocycles. The number of carbonyl (C=O) groups excluding carboxylic acids is 2. The first-order valence-corrected chi connectivity index (χ1v) is 12.2. The monoisotopic (exact) mass is 490 g/mol. The molecule has 2 aromatic carbocycles. The Hall–Kier alpha value is -2.44. The number of hydrogen-bond acceptors (Lipinski definition) is 4. The van der Waals surface area contributed by atoms with E-state index in [2.05, 4.69) is 12.2 Å². The third kappa shape index (κ3) is 5.56. The second-order valence-electron chi connectivity index (χ2n) is 8.67. The summed E-state index contributed by atoms with van der Waals surface area (Å²) < 4.78 is 10.9. The fourth-order valence-corrected chi connectivity index (χ4v) is 4.83. The summed E-state index contributed by atoms with van der Waals surface area (Å²) in [5.41, 5.74) is 1.50. The molecular formula is C25H28Cl2N2O4. The minimum Gasteiger partial charge on any atom is -0.454 e. The zero-order valence-corrected chi connectivity index (χ0v) is 20.1. The molecule has 4 rings (SSSR count). The SMILES string of the molecule is CC1CCCCC1NC(=O)C(c1ccc(Cl)cc1)N(Cc1ccc2c(c1)OCO2)C(=O)CCl. The van der Waals surface area contributed by atoms with Crippen molar-refractivity contribution >= 4 is 35.0 Å². The van der Waals surface area contributed by atoms with Crippen molar-refractivity contribution in [3.8, 4) is 11.5 Å². The topological polar surface area (TPSA) is 67.9 Å². The smallest absolute Gasteiger partial charge is 0.247 e. The first-order chi connectivity index (χ1) is 16.0. The molecular weight excluding hydrogens is 463 g/mol. The molecule has 1 aliphatic heterocycles. The van der Waals surface area contributed by atoms with Crippen LogP contribution in [0.5, 0.6) is 11.5 Å². The van der Waals surface area contributed by atoms with E-state index in [0.29, 0.717) is 28.0 Å². The standard InChI is InChI=1S/C25H28Cl2N2O4/c1-16-4-2-3-5-20(16)28-25(31)24(18-7-9-19(27)10-8-18)29(23(30)13-26)14-17-6-11-21-22(12-17)33-15-32-21/h6-12,16,20,24H,2-5,13-15H2,1H3,(H,28,31). The Kier molecular flexibility index (Phi) is 7.66. The molecule has 6 nitrogen and oxygen atoms in total. The summed E-state index contributed by atoms with van der Waals surface area (Å²) in [6, 6.07) is 11.8. The predicted molar refractivity (Wildman–Crippen MR) is 128 cm³/mol. The van der Waals surface area contributed by atoms with Crippen molar-refractivity contribution < 1.29 is 19.1 Å². The Balaban J connectivity index is 1.66. The number of rotatable bonds is 7. The third-order valence-electron chi connectivity index (χ3n) is 6.41. The predicted octanol–water partition coefficient (Wildman–Crippen LogP) is 5.07. The lowest BCUT2D eigenvalue weighted by Gasteiger charge is -2.35. The van der Waals surface area contributed by atoms with Gasteiger partial charge in [0.1, 0.15) is 11.9 Å². The second-order valence-corrected chi connectivity index (χ2v) is 9.38. The number of alkyl halides is 1. The molecule has 2 aromatic rings. The molecule has 1 aliphatic carbocycles. The lowest BCUT2D eigenvalue weighted by molar-refractivity contribution is -0.140. The van der Waals surface area contributed by atoms with Gasteiger partial charge in [-0.15, -0.1) is 11.6 Å². The van der Waals surface area contributed by atoms with Crippen LogP contribution in [0.1, 0.15) is 49.8 Å². The van der Waals surface area contributed by atoms with Crippen LogP contribution in [-0.4, -0.2) is 35.4 Å². The van der Waals surface area contributed by atoms with Gasteiger partial charge in [0.2, 0.25) is 18.6 Å². The molecule has 1 saturated carbocycles. The average Bonchev–Trinajstić information content (AvgIpc) is 3.29. The number of benzene rings is 2. The van der Waals surface area contributed by atoms with Gasteiger partial charge in [0.05, 0.1) is 0 Å². The van der Waals surface area contributed by atoms with Gasteiger partial charge in [-0.25, -0.2) is 0 Å². The van der Waals surface area contributed by atoms with Crippen molar-refractivity contribution in [3.63, 3.8) is 0 Å². The van der Waals surface area contributed by atoms with Crippen LogP contribution < -0.4 is 14.8 Å². The summed E-state index contributed by atoms with van der Waals surface area (Å²) in [7, 11) is 0. The highest BCUT2D eigenvalue weighted by atomic mass is 35.5. The molecule has 33 heavy (non-hydrogen) atoms. The van der Waals surface area contributed by atoms with Crippen LogP contribution in [0.15, 0.2) is 42.5 Å². The highest BCUT2D eigenvalue weighted by Gasteiger charge is 2.34. The molecule has 1 heterocycles. The number of amides is 2. The lowest BCUT2D eigenvalue weighted by Crippen LogP contribution is -2.49. The maximum absolute atomic E-state index is 13.7. The summed E-state index contributed by atoms with van der Waals surface area (Å²) in [5, 5.41) is 3.78. The second kappa shape index (κ2) is 10.7. The largest absolute Gasteiger partial charge is 0.454 e. The Labute approximate surface area is 204 Å². The minimum absolute atomic E-state index is 0.0829. The molecule has 0 spiro atoms. The van der Waals surface area contributed by atoms with Crippen LogP contribution >= 0.6 is 23.2 Å². The van der Waals surface area contributed by atoms with Gasteiger partial charge in [0.15, 0.2) is 11.5 Å². The van der Waals surface area contributed by atoms with E-state index in [9.17, 15) is 9.59 Å². The van der Waals surface area contributed by atoms with Gasteiger partial charge in [0, 0.05) is 17.6 Å². The highest BCUT2D eigenvalue weighted by Crippen LogP contribution is 2.34. The molecule has 0 radical (unpaired) electrons. The van der Waals surface area contributed by atoms with Crippen molar-refractivity contribution in [2.24, 2.45) is 5.92 Å². The van der Waals surface area contributed by atoms with Crippen molar-refractivity contribution in [1.82, 2.24) is 10.2 Å². The van der Waals surface area contributed by atoms with Crippen molar-refractivity contribution in [2.75, 3.05) is 12.7 Å². The third-order valence-corrected chi connectivity index (χ3v) is 6.89. The van der Waals surface area contributed by atoms with E-state index in [4.69, 9.17) is 32.7 Å². The Morgan fingerprint density at radius 3 is 2.55 bits per heavy atom. The Morgan fingerprint density at radius 2 is 1.82 bits per heavy atom. The molecule has 0 bridgehead atoms. The molecule has 8 heteroatoms. The molecule has 0 saturated heterocycles. The number of halogens is 2. The number of ether oxygens (including phenoxy) is 2. The van der Waals surface area contributed by atoms with E-state index < -0.39 is 6.04 Å².